The first-order valence-electron chi connectivity index (χ1n) is 17.5. The number of nitrogens with zero attached hydrogens (tertiary/aromatic N) is 2. The molecule has 51 heavy (non-hydrogen) atoms. The second kappa shape index (κ2) is 14.7. The number of carbonyl (C=O) groups excluding carboxylic acids is 3. The molecular weight excluding hydrogens is 671 g/mol. The number of carbonyl (C=O) groups is 3. The van der Waals surface area contributed by atoms with Gasteiger partial charge < -0.3 is 34.6 Å². The molecule has 3 aliphatic rings. The number of alkyl carbamates (subject to hydrolysis) is 1. The molecule has 6 atom stereocenters. The molecule has 12 nitrogen and oxygen atoms in total. The Hall–Kier alpha value is -4.41. The predicted octanol–water partition coefficient (Wildman–Crippen LogP) is 5.83. The van der Waals surface area contributed by atoms with E-state index in [1.54, 1.807) is 13.2 Å². The number of methoxy groups -OCH3 is 1. The van der Waals surface area contributed by atoms with Gasteiger partial charge >= 0.3 is 6.09 Å². The van der Waals surface area contributed by atoms with E-state index < -0.39 is 54.8 Å². The molecule has 1 aromatic heterocycles. The molecule has 0 spiro atoms. The summed E-state index contributed by atoms with van der Waals surface area (Å²) >= 11 is 0. The molecule has 2 unspecified atom stereocenters. The summed E-state index contributed by atoms with van der Waals surface area (Å²) in [5.41, 5.74) is 1.44. The lowest BCUT2D eigenvalue weighted by Crippen LogP contribution is -2.58. The van der Waals surface area contributed by atoms with Gasteiger partial charge in [0.1, 0.15) is 41.1 Å². The highest BCUT2D eigenvalue weighted by Gasteiger charge is 2.59. The van der Waals surface area contributed by atoms with Crippen LogP contribution in [-0.4, -0.2) is 75.9 Å². The Morgan fingerprint density at radius 3 is 2.45 bits per heavy atom. The Kier molecular flexibility index (Phi) is 10.5. The smallest absolute Gasteiger partial charge is 0.408 e. The van der Waals surface area contributed by atoms with Gasteiger partial charge in [-0.15, -0.1) is 6.58 Å². The molecular formula is C38H47N4O8P. The zero-order valence-corrected chi connectivity index (χ0v) is 30.5. The topological polar surface area (TPSA) is 156 Å². The quantitative estimate of drug-likeness (QED) is 0.164. The van der Waals surface area contributed by atoms with E-state index in [9.17, 15) is 23.8 Å². The third kappa shape index (κ3) is 7.77. The van der Waals surface area contributed by atoms with Crippen LogP contribution in [0.5, 0.6) is 11.5 Å². The summed E-state index contributed by atoms with van der Waals surface area (Å²) in [6, 6.07) is 14.9. The summed E-state index contributed by atoms with van der Waals surface area (Å²) in [5, 5.41) is 5.01. The Balaban J connectivity index is 1.32. The van der Waals surface area contributed by atoms with E-state index in [2.05, 4.69) is 17.2 Å². The summed E-state index contributed by atoms with van der Waals surface area (Å²) in [4.78, 5) is 58.2. The van der Waals surface area contributed by atoms with Crippen molar-refractivity contribution in [3.63, 3.8) is 0 Å². The maximum absolute atomic E-state index is 14.5. The number of fused-ring (bicyclic) bond motifs is 1. The van der Waals surface area contributed by atoms with Gasteiger partial charge in [-0.3, -0.25) is 14.2 Å². The average molecular weight is 719 g/mol. The molecule has 3 N–H and O–H groups in total. The fourth-order valence-corrected chi connectivity index (χ4v) is 8.21. The Morgan fingerprint density at radius 2 is 1.82 bits per heavy atom. The van der Waals surface area contributed by atoms with E-state index in [4.69, 9.17) is 19.2 Å². The number of hydrogen-bond donors (Lipinski definition) is 3. The molecule has 3 amide bonds. The summed E-state index contributed by atoms with van der Waals surface area (Å²) in [7, 11) is -1.60. The van der Waals surface area contributed by atoms with Gasteiger partial charge in [-0.2, -0.15) is 0 Å². The lowest BCUT2D eigenvalue weighted by Gasteiger charge is -2.35. The zero-order valence-electron chi connectivity index (χ0n) is 29.5. The van der Waals surface area contributed by atoms with Crippen LogP contribution in [0.3, 0.4) is 0 Å². The van der Waals surface area contributed by atoms with Crippen molar-refractivity contribution in [3.8, 4) is 22.8 Å². The minimum atomic E-state index is -3.19. The first kappa shape index (κ1) is 36.4. The number of aromatic nitrogens is 1. The molecule has 0 bridgehead atoms. The standard InChI is InChI=1S/C38H47N4O8P/c1-6-24-21-38(24,51(46)47)41-34(43)31-19-27(22-42(31)35(44)33(37(2,3)4)40-36(45)50-25-14-10-11-15-25)49-32-20-29(23-12-8-7-9-13-23)39-30-18-26(48-5)16-17-28(30)32/h6-9,12-13,16-18,20,24-25,27,31,33,51H,1,10-11,14-15,19,21-22H2,2-5H3,(H,40,45)(H,41,43)(H,46,47)/t24-,27-,31+,33?,38+/m1/s1. The first-order valence-corrected chi connectivity index (χ1v) is 18.8. The third-order valence-corrected chi connectivity index (χ3v) is 11.6. The molecule has 2 heterocycles. The monoisotopic (exact) mass is 718 g/mol. The van der Waals surface area contributed by atoms with Gasteiger partial charge in [0.2, 0.25) is 19.8 Å². The van der Waals surface area contributed by atoms with Crippen LogP contribution in [0.1, 0.15) is 59.3 Å². The van der Waals surface area contributed by atoms with Crippen LogP contribution in [0.4, 0.5) is 4.79 Å². The molecule has 6 rings (SSSR count). The van der Waals surface area contributed by atoms with E-state index in [1.807, 2.05) is 75.4 Å². The highest BCUT2D eigenvalue weighted by atomic mass is 31.1. The number of rotatable bonds is 11. The van der Waals surface area contributed by atoms with Gasteiger partial charge in [0.05, 0.1) is 24.9 Å². The van der Waals surface area contributed by atoms with Crippen molar-refractivity contribution < 1.29 is 38.1 Å². The summed E-state index contributed by atoms with van der Waals surface area (Å²) in [5.74, 6) is -0.268. The van der Waals surface area contributed by atoms with Gasteiger partial charge in [0.15, 0.2) is 0 Å². The van der Waals surface area contributed by atoms with E-state index in [-0.39, 0.29) is 31.4 Å². The van der Waals surface area contributed by atoms with Crippen molar-refractivity contribution in [1.29, 1.82) is 0 Å². The van der Waals surface area contributed by atoms with Gasteiger partial charge in [0, 0.05) is 35.4 Å². The Bertz CT molecular complexity index is 1830. The highest BCUT2D eigenvalue weighted by molar-refractivity contribution is 7.40. The van der Waals surface area contributed by atoms with E-state index >= 15 is 0 Å². The number of likely N-dealkylation sites (tertiary alicyclic amines) is 1. The van der Waals surface area contributed by atoms with E-state index in [0.717, 1.165) is 36.6 Å². The van der Waals surface area contributed by atoms with E-state index in [0.29, 0.717) is 22.7 Å². The fourth-order valence-electron chi connectivity index (χ4n) is 7.15. The lowest BCUT2D eigenvalue weighted by molar-refractivity contribution is -0.142. The molecule has 1 saturated heterocycles. The third-order valence-electron chi connectivity index (χ3n) is 10.2. The number of pyridine rings is 1. The molecule has 3 fully saturated rings. The van der Waals surface area contributed by atoms with Gasteiger partial charge in [-0.05, 0) is 49.7 Å². The van der Waals surface area contributed by atoms with Crippen LogP contribution >= 0.6 is 8.03 Å². The van der Waals surface area contributed by atoms with Crippen molar-refractivity contribution in [1.82, 2.24) is 20.5 Å². The number of amides is 3. The van der Waals surface area contributed by atoms with Crippen molar-refractivity contribution in [3.05, 3.63) is 67.3 Å². The van der Waals surface area contributed by atoms with Gasteiger partial charge in [-0.1, -0.05) is 57.2 Å². The molecule has 3 aromatic rings. The average Bonchev–Trinajstić information content (AvgIpc) is 3.37. The summed E-state index contributed by atoms with van der Waals surface area (Å²) < 4.78 is 30.3. The van der Waals surface area contributed by atoms with Crippen molar-refractivity contribution in [2.75, 3.05) is 13.7 Å². The van der Waals surface area contributed by atoms with Crippen LogP contribution < -0.4 is 20.1 Å². The van der Waals surface area contributed by atoms with Crippen molar-refractivity contribution in [2.24, 2.45) is 11.3 Å². The maximum atomic E-state index is 14.5. The van der Waals surface area contributed by atoms with Crippen LogP contribution in [0.15, 0.2) is 67.3 Å². The molecule has 13 heteroatoms. The minimum absolute atomic E-state index is 0.0235. The summed E-state index contributed by atoms with van der Waals surface area (Å²) in [6.45, 7) is 9.27. The molecule has 1 aliphatic heterocycles. The lowest BCUT2D eigenvalue weighted by atomic mass is 9.85. The van der Waals surface area contributed by atoms with Crippen molar-refractivity contribution in [2.45, 2.75) is 88.9 Å². The SMILES string of the molecule is C=C[C@@H]1C[C@]1(NC(=O)[C@@H]1C[C@@H](Oc2cc(-c3ccccc3)nc3cc(OC)ccc23)CN1C(=O)C(NC(=O)OC1CCCC1)C(C)(C)C)[PH](=O)O. The van der Waals surface area contributed by atoms with Crippen LogP contribution in [-0.2, 0) is 18.9 Å². The van der Waals surface area contributed by atoms with Crippen molar-refractivity contribution >= 4 is 36.8 Å². The number of nitrogens with one attached hydrogen (secondary N) is 2. The fraction of sp³-hybridized carbons (Fsp3) is 0.474. The zero-order chi connectivity index (χ0) is 36.5. The van der Waals surface area contributed by atoms with Gasteiger partial charge in [-0.25, -0.2) is 9.78 Å². The largest absolute Gasteiger partial charge is 0.497 e. The van der Waals surface area contributed by atoms with Gasteiger partial charge in [0.25, 0.3) is 0 Å². The molecule has 272 valence electrons. The normalized spacial score (nSPS) is 24.4. The molecule has 2 saturated carbocycles. The van der Waals surface area contributed by atoms with Crippen LogP contribution in [0, 0.1) is 11.3 Å². The van der Waals surface area contributed by atoms with Crippen LogP contribution in [0.25, 0.3) is 22.2 Å². The molecule has 2 aromatic carbocycles. The van der Waals surface area contributed by atoms with E-state index in [1.165, 1.54) is 4.90 Å². The second-order valence-electron chi connectivity index (χ2n) is 14.8. The highest BCUT2D eigenvalue weighted by Crippen LogP contribution is 2.58. The maximum Gasteiger partial charge on any atom is 0.408 e. The Labute approximate surface area is 298 Å². The molecule has 0 radical (unpaired) electrons. The first-order chi connectivity index (χ1) is 24.3. The summed E-state index contributed by atoms with van der Waals surface area (Å²) in [6.07, 6.45) is 3.93. The predicted molar refractivity (Wildman–Crippen MR) is 194 cm³/mol. The Morgan fingerprint density at radius 1 is 1.10 bits per heavy atom. The van der Waals surface area contributed by atoms with Crippen LogP contribution in [0.2, 0.25) is 0 Å². The second-order valence-corrected chi connectivity index (χ2v) is 16.3. The number of benzene rings is 2. The number of hydrogen-bond acceptors (Lipinski definition) is 8. The molecule has 2 aliphatic carbocycles. The minimum Gasteiger partial charge on any atom is -0.497 e. The number of ether oxygens (including phenoxy) is 3.